The van der Waals surface area contributed by atoms with Gasteiger partial charge in [0, 0.05) is 19.1 Å². The Labute approximate surface area is 165 Å². The number of ether oxygens (including phenoxy) is 1. The van der Waals surface area contributed by atoms with Crippen LogP contribution in [0, 0.1) is 6.92 Å². The van der Waals surface area contributed by atoms with E-state index in [1.807, 2.05) is 37.3 Å². The van der Waals surface area contributed by atoms with Gasteiger partial charge in [0.2, 0.25) is 10.0 Å². The second-order valence-corrected chi connectivity index (χ2v) is 8.52. The van der Waals surface area contributed by atoms with Crippen LogP contribution in [0.15, 0.2) is 53.6 Å². The molecule has 7 nitrogen and oxygen atoms in total. The van der Waals surface area contributed by atoms with E-state index in [4.69, 9.17) is 4.74 Å². The molecule has 1 atom stereocenters. The number of aryl methyl sites for hydroxylation is 1. The standard InChI is InChI=1S/C20H23N3O4S/c1-14-8-10-15(11-9-14)19-12-18(21-23(19)20(24)13-27-2)16-6-4-5-7-17(16)22-28(3,25)26/h4-11,19,22H,12-13H2,1-3H3. The van der Waals surface area contributed by atoms with Crippen LogP contribution < -0.4 is 4.72 Å². The van der Waals surface area contributed by atoms with Crippen molar-refractivity contribution in [3.63, 3.8) is 0 Å². The molecule has 8 heteroatoms. The highest BCUT2D eigenvalue weighted by molar-refractivity contribution is 7.92. The largest absolute Gasteiger partial charge is 0.375 e. The lowest BCUT2D eigenvalue weighted by Crippen LogP contribution is -2.30. The van der Waals surface area contributed by atoms with Crippen LogP contribution >= 0.6 is 0 Å². The predicted molar refractivity (Wildman–Crippen MR) is 109 cm³/mol. The first-order valence-corrected chi connectivity index (χ1v) is 10.7. The average molecular weight is 401 g/mol. The maximum atomic E-state index is 12.6. The molecule has 0 fully saturated rings. The lowest BCUT2D eigenvalue weighted by atomic mass is 9.97. The summed E-state index contributed by atoms with van der Waals surface area (Å²) < 4.78 is 30.9. The number of benzene rings is 2. The quantitative estimate of drug-likeness (QED) is 0.806. The van der Waals surface area contributed by atoms with Crippen molar-refractivity contribution in [1.82, 2.24) is 5.01 Å². The minimum Gasteiger partial charge on any atom is -0.375 e. The number of carbonyl (C=O) groups is 1. The van der Waals surface area contributed by atoms with Gasteiger partial charge in [-0.1, -0.05) is 48.0 Å². The molecule has 2 aromatic rings. The zero-order valence-corrected chi connectivity index (χ0v) is 16.9. The van der Waals surface area contributed by atoms with Crippen molar-refractivity contribution in [2.75, 3.05) is 24.7 Å². The Balaban J connectivity index is 2.00. The van der Waals surface area contributed by atoms with Crippen LogP contribution in [-0.4, -0.2) is 45.0 Å². The third kappa shape index (κ3) is 4.58. The molecule has 0 radical (unpaired) electrons. The number of carbonyl (C=O) groups excluding carboxylic acids is 1. The first-order chi connectivity index (χ1) is 13.3. The van der Waals surface area contributed by atoms with Gasteiger partial charge in [0.1, 0.15) is 6.61 Å². The number of hydrogen-bond acceptors (Lipinski definition) is 5. The van der Waals surface area contributed by atoms with Crippen molar-refractivity contribution in [1.29, 1.82) is 0 Å². The Morgan fingerprint density at radius 2 is 1.89 bits per heavy atom. The molecule has 2 aromatic carbocycles. The molecule has 0 saturated heterocycles. The molecule has 3 rings (SSSR count). The van der Waals surface area contributed by atoms with Crippen molar-refractivity contribution in [2.45, 2.75) is 19.4 Å². The SMILES string of the molecule is COCC(=O)N1N=C(c2ccccc2NS(C)(=O)=O)CC1c1ccc(C)cc1. The zero-order valence-electron chi connectivity index (χ0n) is 16.0. The van der Waals surface area contributed by atoms with Crippen LogP contribution in [0.1, 0.15) is 29.2 Å². The van der Waals surface area contributed by atoms with E-state index in [-0.39, 0.29) is 18.6 Å². The second kappa shape index (κ2) is 8.12. The summed E-state index contributed by atoms with van der Waals surface area (Å²) in [4.78, 5) is 12.6. The number of nitrogens with zero attached hydrogens (tertiary/aromatic N) is 2. The third-order valence-corrected chi connectivity index (χ3v) is 5.02. The zero-order chi connectivity index (χ0) is 20.3. The van der Waals surface area contributed by atoms with Crippen LogP contribution in [0.4, 0.5) is 5.69 Å². The summed E-state index contributed by atoms with van der Waals surface area (Å²) in [5.74, 6) is -0.253. The first kappa shape index (κ1) is 20.0. The van der Waals surface area contributed by atoms with Gasteiger partial charge in [0.05, 0.1) is 23.7 Å². The summed E-state index contributed by atoms with van der Waals surface area (Å²) in [6, 6.07) is 14.7. The van der Waals surface area contributed by atoms with Gasteiger partial charge in [-0.15, -0.1) is 0 Å². The highest BCUT2D eigenvalue weighted by Crippen LogP contribution is 2.34. The van der Waals surface area contributed by atoms with Gasteiger partial charge in [0.25, 0.3) is 5.91 Å². The molecule has 28 heavy (non-hydrogen) atoms. The van der Waals surface area contributed by atoms with Crippen LogP contribution in [-0.2, 0) is 19.6 Å². The Bertz CT molecular complexity index is 1000. The van der Waals surface area contributed by atoms with Crippen molar-refractivity contribution in [3.8, 4) is 0 Å². The molecule has 1 N–H and O–H groups in total. The van der Waals surface area contributed by atoms with E-state index < -0.39 is 10.0 Å². The van der Waals surface area contributed by atoms with Crippen LogP contribution in [0.25, 0.3) is 0 Å². The Hall–Kier alpha value is -2.71. The normalized spacial score (nSPS) is 16.8. The molecule has 1 unspecified atom stereocenters. The Morgan fingerprint density at radius 3 is 2.54 bits per heavy atom. The predicted octanol–water partition coefficient (Wildman–Crippen LogP) is 2.69. The number of para-hydroxylation sites is 1. The number of hydrazone groups is 1. The summed E-state index contributed by atoms with van der Waals surface area (Å²) in [5.41, 5.74) is 3.81. The number of amides is 1. The average Bonchev–Trinajstić information content (AvgIpc) is 3.07. The highest BCUT2D eigenvalue weighted by atomic mass is 32.2. The molecule has 1 heterocycles. The Kier molecular flexibility index (Phi) is 5.81. The van der Waals surface area contributed by atoms with Crippen molar-refractivity contribution in [2.24, 2.45) is 5.10 Å². The van der Waals surface area contributed by atoms with Gasteiger partial charge < -0.3 is 4.74 Å². The van der Waals surface area contributed by atoms with Crippen molar-refractivity contribution < 1.29 is 17.9 Å². The summed E-state index contributed by atoms with van der Waals surface area (Å²) in [6.07, 6.45) is 1.57. The fourth-order valence-electron chi connectivity index (χ4n) is 3.16. The van der Waals surface area contributed by atoms with Gasteiger partial charge in [-0.25, -0.2) is 13.4 Å². The van der Waals surface area contributed by atoms with Gasteiger partial charge in [-0.3, -0.25) is 9.52 Å². The summed E-state index contributed by atoms with van der Waals surface area (Å²) in [7, 11) is -1.98. The molecule has 0 spiro atoms. The number of anilines is 1. The van der Waals surface area contributed by atoms with E-state index in [9.17, 15) is 13.2 Å². The molecule has 1 amide bonds. The van der Waals surface area contributed by atoms with E-state index in [0.29, 0.717) is 23.4 Å². The molecule has 148 valence electrons. The number of rotatable bonds is 6. The monoisotopic (exact) mass is 401 g/mol. The maximum absolute atomic E-state index is 12.6. The van der Waals surface area contributed by atoms with Crippen molar-refractivity contribution in [3.05, 3.63) is 65.2 Å². The van der Waals surface area contributed by atoms with Gasteiger partial charge in [-0.05, 0) is 18.6 Å². The van der Waals surface area contributed by atoms with Crippen LogP contribution in [0.3, 0.4) is 0 Å². The van der Waals surface area contributed by atoms with E-state index in [1.165, 1.54) is 12.1 Å². The van der Waals surface area contributed by atoms with Gasteiger partial charge in [0.15, 0.2) is 0 Å². The molecular formula is C20H23N3O4S. The lowest BCUT2D eigenvalue weighted by molar-refractivity contribution is -0.137. The second-order valence-electron chi connectivity index (χ2n) is 6.77. The van der Waals surface area contributed by atoms with E-state index >= 15 is 0 Å². The minimum absolute atomic E-state index is 0.0810. The molecule has 0 saturated carbocycles. The molecular weight excluding hydrogens is 378 g/mol. The summed E-state index contributed by atoms with van der Waals surface area (Å²) in [5, 5.41) is 5.96. The maximum Gasteiger partial charge on any atom is 0.269 e. The van der Waals surface area contributed by atoms with Gasteiger partial charge >= 0.3 is 0 Å². The summed E-state index contributed by atoms with van der Waals surface area (Å²) in [6.45, 7) is 1.92. The Morgan fingerprint density at radius 1 is 1.21 bits per heavy atom. The fourth-order valence-corrected chi connectivity index (χ4v) is 3.74. The first-order valence-electron chi connectivity index (χ1n) is 8.80. The molecule has 0 aliphatic carbocycles. The number of methoxy groups -OCH3 is 1. The van der Waals surface area contributed by atoms with Gasteiger partial charge in [-0.2, -0.15) is 5.10 Å². The molecule has 0 aromatic heterocycles. The third-order valence-electron chi connectivity index (χ3n) is 4.43. The van der Waals surface area contributed by atoms with E-state index in [1.54, 1.807) is 18.2 Å². The minimum atomic E-state index is -3.44. The molecule has 0 bridgehead atoms. The van der Waals surface area contributed by atoms with Crippen molar-refractivity contribution >= 4 is 27.3 Å². The lowest BCUT2D eigenvalue weighted by Gasteiger charge is -2.21. The fraction of sp³-hybridized carbons (Fsp3) is 0.300. The number of nitrogens with one attached hydrogen (secondary N) is 1. The number of sulfonamides is 1. The number of hydrogen-bond donors (Lipinski definition) is 1. The molecule has 1 aliphatic rings. The highest BCUT2D eigenvalue weighted by Gasteiger charge is 2.33. The van der Waals surface area contributed by atoms with Crippen LogP contribution in [0.5, 0.6) is 0 Å². The summed E-state index contributed by atoms with van der Waals surface area (Å²) >= 11 is 0. The smallest absolute Gasteiger partial charge is 0.269 e. The van der Waals surface area contributed by atoms with E-state index in [0.717, 1.165) is 17.4 Å². The van der Waals surface area contributed by atoms with E-state index in [2.05, 4.69) is 9.82 Å². The topological polar surface area (TPSA) is 88.1 Å². The van der Waals surface area contributed by atoms with Crippen LogP contribution in [0.2, 0.25) is 0 Å². The molecule has 1 aliphatic heterocycles.